The maximum atomic E-state index is 12.9. The Morgan fingerprint density at radius 3 is 2.69 bits per heavy atom. The van der Waals surface area contributed by atoms with Gasteiger partial charge in [-0.1, -0.05) is 12.1 Å². The summed E-state index contributed by atoms with van der Waals surface area (Å²) < 4.78 is 17.7. The molecule has 0 amide bonds. The molecule has 0 saturated heterocycles. The van der Waals surface area contributed by atoms with E-state index in [1.165, 1.54) is 25.3 Å². The van der Waals surface area contributed by atoms with Gasteiger partial charge in [-0.15, -0.1) is 0 Å². The zero-order chi connectivity index (χ0) is 9.84. The van der Waals surface area contributed by atoms with E-state index in [-0.39, 0.29) is 5.46 Å². The Bertz CT molecular complexity index is 291. The summed E-state index contributed by atoms with van der Waals surface area (Å²) in [5.41, 5.74) is 0.571. The fourth-order valence-corrected chi connectivity index (χ4v) is 1.05. The summed E-state index contributed by atoms with van der Waals surface area (Å²) in [6.07, 6.45) is 0. The lowest BCUT2D eigenvalue weighted by atomic mass is 9.79. The second-order valence-corrected chi connectivity index (χ2v) is 2.66. The van der Waals surface area contributed by atoms with Crippen LogP contribution in [0.2, 0.25) is 0 Å². The van der Waals surface area contributed by atoms with Crippen LogP contribution in [0.4, 0.5) is 4.39 Å². The molecule has 0 saturated carbocycles. The van der Waals surface area contributed by atoms with Crippen molar-refractivity contribution in [3.63, 3.8) is 0 Å². The van der Waals surface area contributed by atoms with Crippen molar-refractivity contribution in [1.82, 2.24) is 0 Å². The van der Waals surface area contributed by atoms with Crippen LogP contribution >= 0.6 is 0 Å². The van der Waals surface area contributed by atoms with E-state index >= 15 is 0 Å². The van der Waals surface area contributed by atoms with Gasteiger partial charge in [-0.25, -0.2) is 4.39 Å². The van der Waals surface area contributed by atoms with Crippen molar-refractivity contribution in [2.75, 3.05) is 7.11 Å². The lowest BCUT2D eigenvalue weighted by Gasteiger charge is -2.04. The van der Waals surface area contributed by atoms with Gasteiger partial charge in [0.1, 0.15) is 5.82 Å². The second-order valence-electron chi connectivity index (χ2n) is 2.66. The number of ether oxygens (including phenoxy) is 1. The molecular formula is C8H10BFO3. The Morgan fingerprint density at radius 1 is 1.46 bits per heavy atom. The minimum absolute atomic E-state index is 0.130. The highest BCUT2D eigenvalue weighted by atomic mass is 19.1. The summed E-state index contributed by atoms with van der Waals surface area (Å²) in [6, 6.07) is 4.08. The van der Waals surface area contributed by atoms with Crippen LogP contribution in [-0.4, -0.2) is 24.3 Å². The molecule has 0 aromatic heterocycles. The first-order chi connectivity index (χ1) is 6.15. The average Bonchev–Trinajstić information content (AvgIpc) is 2.08. The van der Waals surface area contributed by atoms with Crippen LogP contribution in [0.15, 0.2) is 18.2 Å². The summed E-state index contributed by atoms with van der Waals surface area (Å²) in [7, 11) is -0.268. The molecule has 1 aromatic rings. The van der Waals surface area contributed by atoms with Gasteiger partial charge >= 0.3 is 7.12 Å². The monoisotopic (exact) mass is 184 g/mol. The second kappa shape index (κ2) is 4.36. The maximum absolute atomic E-state index is 12.9. The SMILES string of the molecule is COCc1ccc(F)c(B(O)O)c1. The van der Waals surface area contributed by atoms with Crippen molar-refractivity contribution in [2.45, 2.75) is 6.61 Å². The molecule has 1 aromatic carbocycles. The highest BCUT2D eigenvalue weighted by Gasteiger charge is 2.16. The quantitative estimate of drug-likeness (QED) is 0.631. The van der Waals surface area contributed by atoms with E-state index in [9.17, 15) is 4.39 Å². The van der Waals surface area contributed by atoms with Crippen molar-refractivity contribution in [2.24, 2.45) is 0 Å². The first kappa shape index (κ1) is 10.2. The summed E-state index contributed by atoms with van der Waals surface area (Å²) in [5, 5.41) is 17.5. The lowest BCUT2D eigenvalue weighted by Crippen LogP contribution is -2.33. The molecule has 0 aliphatic rings. The van der Waals surface area contributed by atoms with E-state index < -0.39 is 12.9 Å². The number of halogens is 1. The summed E-state index contributed by atoms with van der Waals surface area (Å²) in [4.78, 5) is 0. The molecule has 0 spiro atoms. The van der Waals surface area contributed by atoms with Gasteiger partial charge in [-0.05, 0) is 11.6 Å². The largest absolute Gasteiger partial charge is 0.491 e. The minimum Gasteiger partial charge on any atom is -0.423 e. The van der Waals surface area contributed by atoms with Crippen molar-refractivity contribution >= 4 is 12.6 Å². The number of hydrogen-bond donors (Lipinski definition) is 2. The molecule has 0 aliphatic carbocycles. The number of benzene rings is 1. The van der Waals surface area contributed by atoms with Crippen LogP contribution < -0.4 is 5.46 Å². The van der Waals surface area contributed by atoms with Gasteiger partial charge in [0.2, 0.25) is 0 Å². The van der Waals surface area contributed by atoms with Crippen molar-refractivity contribution in [3.8, 4) is 0 Å². The predicted octanol–water partition coefficient (Wildman–Crippen LogP) is -0.348. The molecule has 0 heterocycles. The van der Waals surface area contributed by atoms with Gasteiger partial charge in [0, 0.05) is 12.6 Å². The normalized spacial score (nSPS) is 10.2. The third kappa shape index (κ3) is 2.52. The zero-order valence-electron chi connectivity index (χ0n) is 7.20. The van der Waals surface area contributed by atoms with Crippen molar-refractivity contribution < 1.29 is 19.2 Å². The molecule has 13 heavy (non-hydrogen) atoms. The first-order valence-corrected chi connectivity index (χ1v) is 3.78. The third-order valence-electron chi connectivity index (χ3n) is 1.65. The van der Waals surface area contributed by atoms with E-state index in [1.54, 1.807) is 0 Å². The molecule has 0 bridgehead atoms. The van der Waals surface area contributed by atoms with Gasteiger partial charge < -0.3 is 14.8 Å². The van der Waals surface area contributed by atoms with E-state index in [0.717, 1.165) is 0 Å². The summed E-state index contributed by atoms with van der Waals surface area (Å²) in [5.74, 6) is -0.630. The van der Waals surface area contributed by atoms with Gasteiger partial charge in [0.25, 0.3) is 0 Å². The number of rotatable bonds is 3. The van der Waals surface area contributed by atoms with Crippen LogP contribution in [0, 0.1) is 5.82 Å². The smallest absolute Gasteiger partial charge is 0.423 e. The molecule has 70 valence electrons. The Labute approximate surface area is 75.9 Å². The van der Waals surface area contributed by atoms with Gasteiger partial charge in [-0.3, -0.25) is 0 Å². The molecule has 3 nitrogen and oxygen atoms in total. The molecule has 0 aliphatic heterocycles. The third-order valence-corrected chi connectivity index (χ3v) is 1.65. The molecule has 0 fully saturated rings. The standard InChI is InChI=1S/C8H10BFO3/c1-13-5-6-2-3-8(10)7(4-6)9(11)12/h2-4,11-12H,5H2,1H3. The van der Waals surface area contributed by atoms with Crippen LogP contribution in [-0.2, 0) is 11.3 Å². The highest BCUT2D eigenvalue weighted by molar-refractivity contribution is 6.58. The van der Waals surface area contributed by atoms with Crippen LogP contribution in [0.1, 0.15) is 5.56 Å². The zero-order valence-corrected chi connectivity index (χ0v) is 7.20. The van der Waals surface area contributed by atoms with E-state index in [2.05, 4.69) is 0 Å². The molecule has 0 atom stereocenters. The van der Waals surface area contributed by atoms with Gasteiger partial charge in [-0.2, -0.15) is 0 Å². The Kier molecular flexibility index (Phi) is 3.42. The number of methoxy groups -OCH3 is 1. The molecule has 0 radical (unpaired) electrons. The minimum atomic E-state index is -1.78. The maximum Gasteiger partial charge on any atom is 0.491 e. The van der Waals surface area contributed by atoms with Crippen molar-refractivity contribution in [3.05, 3.63) is 29.6 Å². The molecule has 5 heteroatoms. The Morgan fingerprint density at radius 2 is 2.15 bits per heavy atom. The lowest BCUT2D eigenvalue weighted by molar-refractivity contribution is 0.185. The van der Waals surface area contributed by atoms with Crippen LogP contribution in [0.3, 0.4) is 0 Å². The molecular weight excluding hydrogens is 174 g/mol. The first-order valence-electron chi connectivity index (χ1n) is 3.78. The van der Waals surface area contributed by atoms with Gasteiger partial charge in [0.05, 0.1) is 6.61 Å². The Balaban J connectivity index is 2.97. The number of hydrogen-bond acceptors (Lipinski definition) is 3. The van der Waals surface area contributed by atoms with Crippen LogP contribution in [0.5, 0.6) is 0 Å². The van der Waals surface area contributed by atoms with Gasteiger partial charge in [0.15, 0.2) is 0 Å². The van der Waals surface area contributed by atoms with E-state index in [1.807, 2.05) is 0 Å². The predicted molar refractivity (Wildman–Crippen MR) is 46.9 cm³/mol. The summed E-state index contributed by atoms with van der Waals surface area (Å²) in [6.45, 7) is 0.319. The fraction of sp³-hybridized carbons (Fsp3) is 0.250. The molecule has 2 N–H and O–H groups in total. The average molecular weight is 184 g/mol. The topological polar surface area (TPSA) is 49.7 Å². The molecule has 0 unspecified atom stereocenters. The van der Waals surface area contributed by atoms with E-state index in [0.29, 0.717) is 12.2 Å². The summed E-state index contributed by atoms with van der Waals surface area (Å²) >= 11 is 0. The molecule has 1 rings (SSSR count). The fourth-order valence-electron chi connectivity index (χ4n) is 1.05. The van der Waals surface area contributed by atoms with Crippen LogP contribution in [0.25, 0.3) is 0 Å². The highest BCUT2D eigenvalue weighted by Crippen LogP contribution is 2.02. The Hall–Kier alpha value is -0.905. The van der Waals surface area contributed by atoms with E-state index in [4.69, 9.17) is 14.8 Å². The van der Waals surface area contributed by atoms with Crippen molar-refractivity contribution in [1.29, 1.82) is 0 Å².